The Morgan fingerprint density at radius 3 is 2.54 bits per heavy atom. The number of aromatic nitrogens is 1. The Morgan fingerprint density at radius 2 is 1.92 bits per heavy atom. The van der Waals surface area contributed by atoms with Gasteiger partial charge in [-0.2, -0.15) is 13.2 Å². The SMILES string of the molecule is O=C(CSCc1ccccc1)N1CC(Oc2ccc(C(F)(F)F)cn2)C1. The molecule has 0 atom stereocenters. The van der Waals surface area contributed by atoms with Gasteiger partial charge in [0.15, 0.2) is 0 Å². The van der Waals surface area contributed by atoms with E-state index in [2.05, 4.69) is 4.98 Å². The first kappa shape index (κ1) is 18.6. The van der Waals surface area contributed by atoms with E-state index < -0.39 is 11.7 Å². The van der Waals surface area contributed by atoms with Gasteiger partial charge in [0.2, 0.25) is 11.8 Å². The van der Waals surface area contributed by atoms with Gasteiger partial charge in [0.05, 0.1) is 24.4 Å². The van der Waals surface area contributed by atoms with Gasteiger partial charge in [0.25, 0.3) is 0 Å². The van der Waals surface area contributed by atoms with Crippen molar-refractivity contribution < 1.29 is 22.7 Å². The van der Waals surface area contributed by atoms with Crippen LogP contribution in [0.1, 0.15) is 11.1 Å². The average molecular weight is 382 g/mol. The number of amides is 1. The number of hydrogen-bond acceptors (Lipinski definition) is 4. The lowest BCUT2D eigenvalue weighted by molar-refractivity contribution is -0.138. The molecule has 1 aliphatic heterocycles. The zero-order valence-corrected chi connectivity index (χ0v) is 14.6. The van der Waals surface area contributed by atoms with E-state index in [4.69, 9.17) is 4.74 Å². The summed E-state index contributed by atoms with van der Waals surface area (Å²) in [6, 6.07) is 12.0. The minimum Gasteiger partial charge on any atom is -0.471 e. The number of nitrogens with zero attached hydrogens (tertiary/aromatic N) is 2. The highest BCUT2D eigenvalue weighted by Gasteiger charge is 2.33. The summed E-state index contributed by atoms with van der Waals surface area (Å²) in [5.74, 6) is 1.33. The van der Waals surface area contributed by atoms with E-state index in [1.807, 2.05) is 30.3 Å². The molecule has 8 heteroatoms. The maximum Gasteiger partial charge on any atom is 0.417 e. The summed E-state index contributed by atoms with van der Waals surface area (Å²) in [7, 11) is 0. The fourth-order valence-corrected chi connectivity index (χ4v) is 3.31. The van der Waals surface area contributed by atoms with Crippen LogP contribution in [0.2, 0.25) is 0 Å². The van der Waals surface area contributed by atoms with Crippen LogP contribution < -0.4 is 4.74 Å². The summed E-state index contributed by atoms with van der Waals surface area (Å²) >= 11 is 1.55. The molecular weight excluding hydrogens is 365 g/mol. The molecule has 0 spiro atoms. The second kappa shape index (κ2) is 7.99. The number of benzene rings is 1. The lowest BCUT2D eigenvalue weighted by atomic mass is 10.1. The molecule has 0 aliphatic carbocycles. The minimum atomic E-state index is -4.41. The Balaban J connectivity index is 1.38. The fourth-order valence-electron chi connectivity index (χ4n) is 2.43. The second-order valence-corrected chi connectivity index (χ2v) is 6.89. The number of alkyl halides is 3. The number of carbonyl (C=O) groups is 1. The van der Waals surface area contributed by atoms with E-state index in [0.29, 0.717) is 18.8 Å². The predicted molar refractivity (Wildman–Crippen MR) is 92.8 cm³/mol. The molecule has 138 valence electrons. The van der Waals surface area contributed by atoms with E-state index in [0.717, 1.165) is 18.0 Å². The molecule has 2 aromatic rings. The molecule has 4 nitrogen and oxygen atoms in total. The van der Waals surface area contributed by atoms with Gasteiger partial charge in [-0.3, -0.25) is 4.79 Å². The van der Waals surface area contributed by atoms with E-state index in [1.165, 1.54) is 11.6 Å². The normalized spacial score (nSPS) is 14.8. The van der Waals surface area contributed by atoms with Crippen molar-refractivity contribution >= 4 is 17.7 Å². The summed E-state index contributed by atoms with van der Waals surface area (Å²) in [5.41, 5.74) is 0.356. The minimum absolute atomic E-state index is 0.0335. The Labute approximate surface area is 153 Å². The fraction of sp³-hybridized carbons (Fsp3) is 0.333. The molecule has 0 unspecified atom stereocenters. The van der Waals surface area contributed by atoms with Gasteiger partial charge in [-0.25, -0.2) is 4.98 Å². The zero-order chi connectivity index (χ0) is 18.6. The van der Waals surface area contributed by atoms with Gasteiger partial charge in [0, 0.05) is 18.0 Å². The number of thioether (sulfide) groups is 1. The van der Waals surface area contributed by atoms with Crippen LogP contribution in [-0.4, -0.2) is 40.7 Å². The van der Waals surface area contributed by atoms with Crippen molar-refractivity contribution in [2.45, 2.75) is 18.0 Å². The maximum absolute atomic E-state index is 12.5. The number of carbonyl (C=O) groups excluding carboxylic acids is 1. The first-order chi connectivity index (χ1) is 12.4. The highest BCUT2D eigenvalue weighted by molar-refractivity contribution is 7.99. The van der Waals surface area contributed by atoms with E-state index in [1.54, 1.807) is 16.7 Å². The van der Waals surface area contributed by atoms with Crippen molar-refractivity contribution in [1.82, 2.24) is 9.88 Å². The van der Waals surface area contributed by atoms with Crippen LogP contribution in [0.15, 0.2) is 48.7 Å². The standard InChI is InChI=1S/C18H17F3N2O2S/c19-18(20,21)14-6-7-16(22-8-14)25-15-9-23(10-15)17(24)12-26-11-13-4-2-1-3-5-13/h1-8,15H,9-12H2. The van der Waals surface area contributed by atoms with Crippen LogP contribution in [0.3, 0.4) is 0 Å². The largest absolute Gasteiger partial charge is 0.471 e. The van der Waals surface area contributed by atoms with Crippen LogP contribution in [0.4, 0.5) is 13.2 Å². The Morgan fingerprint density at radius 1 is 1.19 bits per heavy atom. The first-order valence-corrected chi connectivity index (χ1v) is 9.16. The smallest absolute Gasteiger partial charge is 0.417 e. The van der Waals surface area contributed by atoms with Crippen molar-refractivity contribution in [1.29, 1.82) is 0 Å². The maximum atomic E-state index is 12.5. The summed E-state index contributed by atoms with van der Waals surface area (Å²) in [6.45, 7) is 0.848. The highest BCUT2D eigenvalue weighted by Crippen LogP contribution is 2.29. The lowest BCUT2D eigenvalue weighted by Crippen LogP contribution is -2.56. The summed E-state index contributed by atoms with van der Waals surface area (Å²) in [5, 5.41) is 0. The Hall–Kier alpha value is -2.22. The van der Waals surface area contributed by atoms with E-state index in [-0.39, 0.29) is 17.9 Å². The van der Waals surface area contributed by atoms with Gasteiger partial charge in [-0.15, -0.1) is 11.8 Å². The molecule has 0 bridgehead atoms. The summed E-state index contributed by atoms with van der Waals surface area (Å²) in [6.07, 6.45) is -3.90. The van der Waals surface area contributed by atoms with Crippen molar-refractivity contribution in [2.75, 3.05) is 18.8 Å². The van der Waals surface area contributed by atoms with Crippen LogP contribution in [0.5, 0.6) is 5.88 Å². The summed E-state index contributed by atoms with van der Waals surface area (Å²) in [4.78, 5) is 17.4. The number of pyridine rings is 1. The quantitative estimate of drug-likeness (QED) is 0.765. The van der Waals surface area contributed by atoms with Crippen LogP contribution in [-0.2, 0) is 16.7 Å². The Bertz CT molecular complexity index is 732. The van der Waals surface area contributed by atoms with Crippen molar-refractivity contribution in [2.24, 2.45) is 0 Å². The van der Waals surface area contributed by atoms with E-state index >= 15 is 0 Å². The van der Waals surface area contributed by atoms with Gasteiger partial charge >= 0.3 is 6.18 Å². The molecule has 3 rings (SSSR count). The molecule has 0 saturated carbocycles. The molecule has 1 amide bonds. The number of hydrogen-bond donors (Lipinski definition) is 0. The third kappa shape index (κ3) is 4.91. The number of likely N-dealkylation sites (tertiary alicyclic amines) is 1. The number of rotatable bonds is 6. The van der Waals surface area contributed by atoms with Gasteiger partial charge in [0.1, 0.15) is 6.10 Å². The van der Waals surface area contributed by atoms with Gasteiger partial charge < -0.3 is 9.64 Å². The molecule has 2 heterocycles. The highest BCUT2D eigenvalue weighted by atomic mass is 32.2. The van der Waals surface area contributed by atoms with Gasteiger partial charge in [-0.1, -0.05) is 30.3 Å². The van der Waals surface area contributed by atoms with Crippen LogP contribution in [0.25, 0.3) is 0 Å². The summed E-state index contributed by atoms with van der Waals surface area (Å²) < 4.78 is 42.9. The van der Waals surface area contributed by atoms with Crippen LogP contribution >= 0.6 is 11.8 Å². The molecule has 0 radical (unpaired) electrons. The van der Waals surface area contributed by atoms with Crippen molar-refractivity contribution in [3.63, 3.8) is 0 Å². The molecule has 26 heavy (non-hydrogen) atoms. The monoisotopic (exact) mass is 382 g/mol. The molecule has 1 aromatic carbocycles. The Kier molecular flexibility index (Phi) is 5.70. The first-order valence-electron chi connectivity index (χ1n) is 8.01. The van der Waals surface area contributed by atoms with Gasteiger partial charge in [-0.05, 0) is 11.6 Å². The average Bonchev–Trinajstić information content (AvgIpc) is 2.58. The lowest BCUT2D eigenvalue weighted by Gasteiger charge is -2.38. The van der Waals surface area contributed by atoms with Crippen LogP contribution in [0, 0.1) is 0 Å². The zero-order valence-electron chi connectivity index (χ0n) is 13.8. The third-order valence-corrected chi connectivity index (χ3v) is 4.88. The predicted octanol–water partition coefficient (Wildman–Crippen LogP) is 3.62. The van der Waals surface area contributed by atoms with E-state index in [9.17, 15) is 18.0 Å². The third-order valence-electron chi connectivity index (χ3n) is 3.89. The molecule has 1 fully saturated rings. The molecule has 1 aromatic heterocycles. The molecule has 1 aliphatic rings. The number of ether oxygens (including phenoxy) is 1. The van der Waals surface area contributed by atoms with Crippen molar-refractivity contribution in [3.8, 4) is 5.88 Å². The number of halogens is 3. The topological polar surface area (TPSA) is 42.4 Å². The second-order valence-electron chi connectivity index (χ2n) is 5.90. The molecule has 1 saturated heterocycles. The van der Waals surface area contributed by atoms with Crippen molar-refractivity contribution in [3.05, 3.63) is 59.8 Å². The molecule has 0 N–H and O–H groups in total. The molecular formula is C18H17F3N2O2S.